The lowest BCUT2D eigenvalue weighted by molar-refractivity contribution is -0.120. The standard InChI is InChI=1S/C25H25N3O3/c1-17-8-9-18(2)28(17)25(30)22-16-31-24(27-22)21-12-10-20(11-13-21)15-26-23(29)14-19-6-4-3-5-7-19/h3-13,16-18H,14-15H2,1-2H3,(H,26,29)/t17-,18-/m0/s1. The molecule has 6 nitrogen and oxygen atoms in total. The smallest absolute Gasteiger partial charge is 0.276 e. The Balaban J connectivity index is 1.35. The summed E-state index contributed by atoms with van der Waals surface area (Å²) in [5, 5.41) is 2.93. The lowest BCUT2D eigenvalue weighted by Gasteiger charge is -2.25. The summed E-state index contributed by atoms with van der Waals surface area (Å²) in [6.07, 6.45) is 5.80. The van der Waals surface area contributed by atoms with Crippen LogP contribution in [0.5, 0.6) is 0 Å². The van der Waals surface area contributed by atoms with Crippen LogP contribution in [0.2, 0.25) is 0 Å². The van der Waals surface area contributed by atoms with Gasteiger partial charge in [-0.25, -0.2) is 4.98 Å². The summed E-state index contributed by atoms with van der Waals surface area (Å²) < 4.78 is 5.56. The molecule has 0 aliphatic carbocycles. The van der Waals surface area contributed by atoms with Crippen LogP contribution < -0.4 is 5.32 Å². The summed E-state index contributed by atoms with van der Waals surface area (Å²) in [6.45, 7) is 4.41. The first kappa shape index (κ1) is 20.6. The zero-order valence-corrected chi connectivity index (χ0v) is 17.6. The van der Waals surface area contributed by atoms with Gasteiger partial charge in [0.1, 0.15) is 6.26 Å². The summed E-state index contributed by atoms with van der Waals surface area (Å²) >= 11 is 0. The van der Waals surface area contributed by atoms with E-state index in [-0.39, 0.29) is 23.9 Å². The van der Waals surface area contributed by atoms with E-state index in [1.807, 2.05) is 80.6 Å². The van der Waals surface area contributed by atoms with E-state index in [0.29, 0.717) is 24.6 Å². The van der Waals surface area contributed by atoms with Crippen molar-refractivity contribution >= 4 is 11.8 Å². The van der Waals surface area contributed by atoms with Crippen molar-refractivity contribution < 1.29 is 14.0 Å². The van der Waals surface area contributed by atoms with Gasteiger partial charge in [0.15, 0.2) is 5.69 Å². The summed E-state index contributed by atoms with van der Waals surface area (Å²) in [7, 11) is 0. The summed E-state index contributed by atoms with van der Waals surface area (Å²) in [4.78, 5) is 31.1. The van der Waals surface area contributed by atoms with Crippen molar-refractivity contribution in [2.24, 2.45) is 0 Å². The monoisotopic (exact) mass is 415 g/mol. The van der Waals surface area contributed by atoms with Crippen LogP contribution in [0.3, 0.4) is 0 Å². The molecule has 2 atom stereocenters. The quantitative estimate of drug-likeness (QED) is 0.618. The number of hydrogen-bond acceptors (Lipinski definition) is 4. The maximum absolute atomic E-state index is 12.8. The van der Waals surface area contributed by atoms with Crippen LogP contribution in [0.15, 0.2) is 77.4 Å². The van der Waals surface area contributed by atoms with Gasteiger partial charge < -0.3 is 14.6 Å². The first-order valence-corrected chi connectivity index (χ1v) is 10.4. The minimum absolute atomic E-state index is 0.0222. The van der Waals surface area contributed by atoms with E-state index < -0.39 is 0 Å². The van der Waals surface area contributed by atoms with Gasteiger partial charge in [0.05, 0.1) is 6.42 Å². The molecule has 1 aromatic heterocycles. The van der Waals surface area contributed by atoms with Crippen molar-refractivity contribution in [2.75, 3.05) is 0 Å². The topological polar surface area (TPSA) is 75.4 Å². The van der Waals surface area contributed by atoms with Gasteiger partial charge in [0.2, 0.25) is 11.8 Å². The molecule has 0 saturated heterocycles. The fourth-order valence-corrected chi connectivity index (χ4v) is 3.69. The van der Waals surface area contributed by atoms with E-state index in [2.05, 4.69) is 10.3 Å². The lowest BCUT2D eigenvalue weighted by Crippen LogP contribution is -2.39. The van der Waals surface area contributed by atoms with E-state index in [4.69, 9.17) is 4.42 Å². The normalized spacial score (nSPS) is 17.7. The Kier molecular flexibility index (Phi) is 5.98. The van der Waals surface area contributed by atoms with Crippen molar-refractivity contribution in [2.45, 2.75) is 38.9 Å². The van der Waals surface area contributed by atoms with E-state index in [0.717, 1.165) is 16.7 Å². The molecule has 1 aliphatic heterocycles. The number of aromatic nitrogens is 1. The molecule has 6 heteroatoms. The van der Waals surface area contributed by atoms with Crippen molar-refractivity contribution in [1.29, 1.82) is 0 Å². The number of hydrogen-bond donors (Lipinski definition) is 1. The van der Waals surface area contributed by atoms with E-state index in [1.165, 1.54) is 6.26 Å². The average molecular weight is 415 g/mol. The highest BCUT2D eigenvalue weighted by molar-refractivity contribution is 5.93. The first-order chi connectivity index (χ1) is 15.0. The maximum Gasteiger partial charge on any atom is 0.276 e. The van der Waals surface area contributed by atoms with Gasteiger partial charge in [-0.05, 0) is 37.1 Å². The van der Waals surface area contributed by atoms with Crippen molar-refractivity contribution in [3.05, 3.63) is 89.8 Å². The third-order valence-corrected chi connectivity index (χ3v) is 5.40. The molecule has 3 aromatic rings. The molecule has 0 saturated carbocycles. The molecule has 4 rings (SSSR count). The molecule has 31 heavy (non-hydrogen) atoms. The minimum atomic E-state index is -0.141. The largest absolute Gasteiger partial charge is 0.444 e. The molecule has 2 aromatic carbocycles. The molecule has 2 amide bonds. The van der Waals surface area contributed by atoms with Crippen molar-refractivity contribution in [3.63, 3.8) is 0 Å². The molecule has 0 spiro atoms. The fourth-order valence-electron chi connectivity index (χ4n) is 3.69. The molecular weight excluding hydrogens is 390 g/mol. The van der Waals surface area contributed by atoms with Gasteiger partial charge in [-0.2, -0.15) is 0 Å². The highest BCUT2D eigenvalue weighted by Gasteiger charge is 2.29. The molecule has 2 heterocycles. The second-order valence-electron chi connectivity index (χ2n) is 7.75. The number of oxazole rings is 1. The van der Waals surface area contributed by atoms with E-state index in [9.17, 15) is 9.59 Å². The number of benzene rings is 2. The van der Waals surface area contributed by atoms with Crippen LogP contribution in [-0.2, 0) is 17.8 Å². The molecule has 0 unspecified atom stereocenters. The number of amides is 2. The molecular formula is C25H25N3O3. The second kappa shape index (κ2) is 9.00. The predicted octanol–water partition coefficient (Wildman–Crippen LogP) is 3.99. The Bertz CT molecular complexity index is 1070. The summed E-state index contributed by atoms with van der Waals surface area (Å²) in [5.41, 5.74) is 3.03. The van der Waals surface area contributed by atoms with Crippen LogP contribution in [0.25, 0.3) is 11.5 Å². The summed E-state index contributed by atoms with van der Waals surface area (Å²) in [5.74, 6) is 0.235. The third kappa shape index (κ3) is 4.74. The third-order valence-electron chi connectivity index (χ3n) is 5.40. The van der Waals surface area contributed by atoms with E-state index >= 15 is 0 Å². The Hall–Kier alpha value is -3.67. The Morgan fingerprint density at radius 3 is 2.32 bits per heavy atom. The Labute approximate surface area is 181 Å². The van der Waals surface area contributed by atoms with Crippen molar-refractivity contribution in [1.82, 2.24) is 15.2 Å². The highest BCUT2D eigenvalue weighted by Crippen LogP contribution is 2.23. The minimum Gasteiger partial charge on any atom is -0.444 e. The number of nitrogens with one attached hydrogen (secondary N) is 1. The van der Waals surface area contributed by atoms with Gasteiger partial charge in [-0.3, -0.25) is 9.59 Å². The van der Waals surface area contributed by atoms with Crippen LogP contribution in [-0.4, -0.2) is 33.8 Å². The number of carbonyl (C=O) groups excluding carboxylic acids is 2. The molecule has 158 valence electrons. The van der Waals surface area contributed by atoms with Gasteiger partial charge in [0.25, 0.3) is 5.91 Å². The van der Waals surface area contributed by atoms with Gasteiger partial charge >= 0.3 is 0 Å². The molecule has 0 bridgehead atoms. The van der Waals surface area contributed by atoms with Gasteiger partial charge in [-0.1, -0.05) is 54.6 Å². The zero-order chi connectivity index (χ0) is 21.8. The molecule has 1 aliphatic rings. The number of carbonyl (C=O) groups is 2. The van der Waals surface area contributed by atoms with Gasteiger partial charge in [-0.15, -0.1) is 0 Å². The average Bonchev–Trinajstić information content (AvgIpc) is 3.40. The first-order valence-electron chi connectivity index (χ1n) is 10.4. The maximum atomic E-state index is 12.8. The van der Waals surface area contributed by atoms with Crippen LogP contribution in [0.1, 0.15) is 35.5 Å². The number of nitrogens with zero attached hydrogens (tertiary/aromatic N) is 2. The van der Waals surface area contributed by atoms with Crippen LogP contribution in [0.4, 0.5) is 0 Å². The SMILES string of the molecule is C[C@H]1C=C[C@H](C)N1C(=O)c1coc(-c2ccc(CNC(=O)Cc3ccccc3)cc2)n1. The molecule has 0 radical (unpaired) electrons. The number of rotatable bonds is 6. The Morgan fingerprint density at radius 2 is 1.65 bits per heavy atom. The summed E-state index contributed by atoms with van der Waals surface area (Å²) in [6, 6.07) is 17.3. The van der Waals surface area contributed by atoms with Gasteiger partial charge in [0, 0.05) is 24.2 Å². The van der Waals surface area contributed by atoms with E-state index in [1.54, 1.807) is 4.90 Å². The highest BCUT2D eigenvalue weighted by atomic mass is 16.3. The van der Waals surface area contributed by atoms with Crippen LogP contribution in [0, 0.1) is 0 Å². The molecule has 1 N–H and O–H groups in total. The predicted molar refractivity (Wildman–Crippen MR) is 118 cm³/mol. The second-order valence-corrected chi connectivity index (χ2v) is 7.75. The molecule has 0 fully saturated rings. The van der Waals surface area contributed by atoms with Crippen molar-refractivity contribution in [3.8, 4) is 11.5 Å². The fraction of sp³-hybridized carbons (Fsp3) is 0.240. The zero-order valence-electron chi connectivity index (χ0n) is 17.6. The lowest BCUT2D eigenvalue weighted by atomic mass is 10.1. The van der Waals surface area contributed by atoms with Crippen LogP contribution >= 0.6 is 0 Å². The Morgan fingerprint density at radius 1 is 0.968 bits per heavy atom.